The Balaban J connectivity index is 2.07. The van der Waals surface area contributed by atoms with Crippen molar-refractivity contribution in [2.24, 2.45) is 0 Å². The molecule has 1 aliphatic rings. The summed E-state index contributed by atoms with van der Waals surface area (Å²) in [5.74, 6) is 1.71. The number of rotatable bonds is 5. The molecule has 1 aliphatic carbocycles. The molecule has 0 radical (unpaired) electrons. The second-order valence-corrected chi connectivity index (χ2v) is 4.58. The molecule has 0 aromatic carbocycles. The Labute approximate surface area is 117 Å². The SMILES string of the molecule is CN(CCO)c1nccc(OC2=CCC(=S)C=C2)n1. The van der Waals surface area contributed by atoms with Gasteiger partial charge in [-0.2, -0.15) is 4.98 Å². The van der Waals surface area contributed by atoms with Crippen LogP contribution in [0.4, 0.5) is 5.95 Å². The van der Waals surface area contributed by atoms with Gasteiger partial charge in [-0.25, -0.2) is 4.98 Å². The van der Waals surface area contributed by atoms with Crippen LogP contribution in [0.1, 0.15) is 6.42 Å². The molecule has 1 N–H and O–H groups in total. The summed E-state index contributed by atoms with van der Waals surface area (Å²) in [5.41, 5.74) is 0. The predicted octanol–water partition coefficient (Wildman–Crippen LogP) is 1.50. The third-order valence-electron chi connectivity index (χ3n) is 2.55. The average Bonchev–Trinajstić information content (AvgIpc) is 2.42. The topological polar surface area (TPSA) is 58.5 Å². The number of allylic oxidation sites excluding steroid dienone is 3. The molecule has 1 aromatic heterocycles. The van der Waals surface area contributed by atoms with Crippen LogP contribution in [-0.2, 0) is 0 Å². The van der Waals surface area contributed by atoms with Gasteiger partial charge in [0.1, 0.15) is 5.76 Å². The van der Waals surface area contributed by atoms with Crippen molar-refractivity contribution in [3.8, 4) is 5.88 Å². The van der Waals surface area contributed by atoms with Crippen LogP contribution >= 0.6 is 12.2 Å². The van der Waals surface area contributed by atoms with Gasteiger partial charge in [0.2, 0.25) is 11.8 Å². The van der Waals surface area contributed by atoms with E-state index in [4.69, 9.17) is 22.1 Å². The van der Waals surface area contributed by atoms with Gasteiger partial charge < -0.3 is 14.7 Å². The van der Waals surface area contributed by atoms with E-state index in [0.29, 0.717) is 24.8 Å². The summed E-state index contributed by atoms with van der Waals surface area (Å²) in [6.07, 6.45) is 7.93. The first-order valence-electron chi connectivity index (χ1n) is 5.93. The van der Waals surface area contributed by atoms with Crippen LogP contribution in [0.15, 0.2) is 36.3 Å². The van der Waals surface area contributed by atoms with Crippen molar-refractivity contribution in [1.82, 2.24) is 9.97 Å². The van der Waals surface area contributed by atoms with E-state index < -0.39 is 0 Å². The summed E-state index contributed by atoms with van der Waals surface area (Å²) in [7, 11) is 1.81. The van der Waals surface area contributed by atoms with Crippen molar-refractivity contribution in [2.45, 2.75) is 6.42 Å². The number of aliphatic hydroxyl groups is 1. The Bertz CT molecular complexity index is 528. The van der Waals surface area contributed by atoms with Gasteiger partial charge >= 0.3 is 0 Å². The van der Waals surface area contributed by atoms with E-state index in [9.17, 15) is 0 Å². The van der Waals surface area contributed by atoms with Crippen LogP contribution in [0.5, 0.6) is 5.88 Å². The molecule has 5 nitrogen and oxygen atoms in total. The molecule has 100 valence electrons. The highest BCUT2D eigenvalue weighted by molar-refractivity contribution is 7.80. The molecule has 0 saturated heterocycles. The average molecular weight is 277 g/mol. The fourth-order valence-corrected chi connectivity index (χ4v) is 1.68. The number of anilines is 1. The smallest absolute Gasteiger partial charge is 0.228 e. The van der Waals surface area contributed by atoms with Crippen molar-refractivity contribution in [3.05, 3.63) is 36.3 Å². The van der Waals surface area contributed by atoms with Crippen LogP contribution in [-0.4, -0.2) is 40.1 Å². The van der Waals surface area contributed by atoms with Crippen molar-refractivity contribution in [2.75, 3.05) is 25.1 Å². The maximum atomic E-state index is 8.89. The summed E-state index contributed by atoms with van der Waals surface area (Å²) in [6.45, 7) is 0.524. The molecule has 0 unspecified atom stereocenters. The lowest BCUT2D eigenvalue weighted by atomic mass is 10.2. The monoisotopic (exact) mass is 277 g/mol. The molecule has 0 spiro atoms. The van der Waals surface area contributed by atoms with E-state index in [1.54, 1.807) is 17.2 Å². The van der Waals surface area contributed by atoms with Crippen LogP contribution in [0.2, 0.25) is 0 Å². The van der Waals surface area contributed by atoms with Gasteiger partial charge in [-0.05, 0) is 18.2 Å². The van der Waals surface area contributed by atoms with Gasteiger partial charge in [0.15, 0.2) is 0 Å². The predicted molar refractivity (Wildman–Crippen MR) is 77.5 cm³/mol. The third-order valence-corrected chi connectivity index (χ3v) is 2.86. The summed E-state index contributed by atoms with van der Waals surface area (Å²) in [4.78, 5) is 11.1. The van der Waals surface area contributed by atoms with E-state index in [2.05, 4.69) is 9.97 Å². The molecule has 1 heterocycles. The lowest BCUT2D eigenvalue weighted by Gasteiger charge is -2.16. The van der Waals surface area contributed by atoms with E-state index in [0.717, 1.165) is 10.6 Å². The van der Waals surface area contributed by atoms with Crippen molar-refractivity contribution >= 4 is 23.0 Å². The van der Waals surface area contributed by atoms with Crippen molar-refractivity contribution in [3.63, 3.8) is 0 Å². The van der Waals surface area contributed by atoms with Crippen LogP contribution in [0.25, 0.3) is 0 Å². The minimum Gasteiger partial charge on any atom is -0.439 e. The quantitative estimate of drug-likeness (QED) is 0.823. The highest BCUT2D eigenvalue weighted by atomic mass is 32.1. The fraction of sp³-hybridized carbons (Fsp3) is 0.308. The number of ether oxygens (including phenoxy) is 1. The highest BCUT2D eigenvalue weighted by Gasteiger charge is 2.08. The normalized spacial score (nSPS) is 14.2. The molecular formula is C13H15N3O2S. The molecule has 0 amide bonds. The zero-order valence-electron chi connectivity index (χ0n) is 10.6. The first kappa shape index (κ1) is 13.6. The number of hydrogen-bond donors (Lipinski definition) is 1. The molecule has 6 heteroatoms. The molecule has 0 saturated carbocycles. The Morgan fingerprint density at radius 3 is 3.00 bits per heavy atom. The fourth-order valence-electron chi connectivity index (χ4n) is 1.53. The molecular weight excluding hydrogens is 262 g/mol. The molecule has 1 aromatic rings. The highest BCUT2D eigenvalue weighted by Crippen LogP contribution is 2.17. The van der Waals surface area contributed by atoms with E-state index >= 15 is 0 Å². The zero-order valence-corrected chi connectivity index (χ0v) is 11.4. The maximum absolute atomic E-state index is 8.89. The van der Waals surface area contributed by atoms with Crippen molar-refractivity contribution < 1.29 is 9.84 Å². The zero-order chi connectivity index (χ0) is 13.7. The molecule has 2 rings (SSSR count). The number of aliphatic hydroxyl groups excluding tert-OH is 1. The van der Waals surface area contributed by atoms with Crippen molar-refractivity contribution in [1.29, 1.82) is 0 Å². The van der Waals surface area contributed by atoms with Crippen LogP contribution in [0.3, 0.4) is 0 Å². The second kappa shape index (κ2) is 6.40. The first-order chi connectivity index (χ1) is 9.19. The lowest BCUT2D eigenvalue weighted by Crippen LogP contribution is -2.23. The Morgan fingerprint density at radius 2 is 2.32 bits per heavy atom. The summed E-state index contributed by atoms with van der Waals surface area (Å²) >= 11 is 5.06. The first-order valence-corrected chi connectivity index (χ1v) is 6.34. The standard InChI is InChI=1S/C13H15N3O2S/c1-16(8-9-17)13-14-7-6-12(15-13)18-10-2-4-11(19)5-3-10/h2-4,6-7,17H,5,8-9H2,1H3. The largest absolute Gasteiger partial charge is 0.439 e. The van der Waals surface area contributed by atoms with Gasteiger partial charge in [0.25, 0.3) is 0 Å². The van der Waals surface area contributed by atoms with Crippen LogP contribution < -0.4 is 9.64 Å². The van der Waals surface area contributed by atoms with E-state index in [-0.39, 0.29) is 6.61 Å². The second-order valence-electron chi connectivity index (χ2n) is 4.05. The third kappa shape index (κ3) is 3.84. The van der Waals surface area contributed by atoms with Gasteiger partial charge in [-0.1, -0.05) is 12.2 Å². The summed E-state index contributed by atoms with van der Waals surface area (Å²) in [5, 5.41) is 8.89. The molecule has 19 heavy (non-hydrogen) atoms. The Kier molecular flexibility index (Phi) is 4.59. The molecule has 0 bridgehead atoms. The van der Waals surface area contributed by atoms with E-state index in [1.165, 1.54) is 0 Å². The lowest BCUT2D eigenvalue weighted by molar-refractivity contribution is 0.303. The summed E-state index contributed by atoms with van der Waals surface area (Å²) < 4.78 is 5.65. The molecule has 0 fully saturated rings. The number of thiocarbonyl (C=S) groups is 1. The minimum absolute atomic E-state index is 0.0519. The summed E-state index contributed by atoms with van der Waals surface area (Å²) in [6, 6.07) is 1.69. The van der Waals surface area contributed by atoms with Gasteiger partial charge in [0, 0.05) is 37.1 Å². The molecule has 0 aliphatic heterocycles. The number of aromatic nitrogens is 2. The number of likely N-dealkylation sites (N-methyl/N-ethyl adjacent to an activating group) is 1. The van der Waals surface area contributed by atoms with E-state index in [1.807, 2.05) is 25.3 Å². The number of nitrogens with zero attached hydrogens (tertiary/aromatic N) is 3. The van der Waals surface area contributed by atoms with Crippen LogP contribution in [0, 0.1) is 0 Å². The molecule has 0 atom stereocenters. The maximum Gasteiger partial charge on any atom is 0.228 e. The van der Waals surface area contributed by atoms with Gasteiger partial charge in [-0.15, -0.1) is 0 Å². The van der Waals surface area contributed by atoms with Gasteiger partial charge in [-0.3, -0.25) is 0 Å². The van der Waals surface area contributed by atoms with Gasteiger partial charge in [0.05, 0.1) is 6.61 Å². The number of hydrogen-bond acceptors (Lipinski definition) is 6. The Hall–Kier alpha value is -1.79. The minimum atomic E-state index is 0.0519. The Morgan fingerprint density at radius 1 is 1.47 bits per heavy atom.